The molecule has 0 atom stereocenters. The van der Waals surface area contributed by atoms with Gasteiger partial charge in [-0.05, 0) is 48.4 Å². The summed E-state index contributed by atoms with van der Waals surface area (Å²) in [5.74, 6) is 0.119. The van der Waals surface area contributed by atoms with Crippen molar-refractivity contribution in [2.45, 2.75) is 4.90 Å². The van der Waals surface area contributed by atoms with Crippen LogP contribution in [0.15, 0.2) is 29.2 Å². The highest BCUT2D eigenvalue weighted by atomic mass is 35.5. The predicted molar refractivity (Wildman–Crippen MR) is 75.8 cm³/mol. The lowest BCUT2D eigenvalue weighted by molar-refractivity contribution is 0.588. The average molecular weight is 334 g/mol. The molecule has 0 aliphatic rings. The zero-order valence-electron chi connectivity index (χ0n) is 10.1. The van der Waals surface area contributed by atoms with Crippen LogP contribution in [0.3, 0.4) is 0 Å². The molecule has 0 saturated carbocycles. The maximum atomic E-state index is 11.7. The van der Waals surface area contributed by atoms with Crippen LogP contribution >= 0.6 is 23.2 Å². The van der Waals surface area contributed by atoms with E-state index in [9.17, 15) is 8.42 Å². The number of nitrogens with zero attached hydrogens (tertiary/aromatic N) is 3. The molecule has 10 heteroatoms. The van der Waals surface area contributed by atoms with Gasteiger partial charge in [-0.1, -0.05) is 6.07 Å². The molecule has 0 aliphatic carbocycles. The summed E-state index contributed by atoms with van der Waals surface area (Å²) in [5, 5.41) is 2.67. The molecule has 1 heterocycles. The number of nitrogens with one attached hydrogen (secondary N) is 2. The Morgan fingerprint density at radius 1 is 1.10 bits per heavy atom. The van der Waals surface area contributed by atoms with Crippen LogP contribution in [0.1, 0.15) is 0 Å². The largest absolute Gasteiger partial charge is 0.324 e. The first-order valence-corrected chi connectivity index (χ1v) is 7.52. The van der Waals surface area contributed by atoms with Crippen molar-refractivity contribution in [3.05, 3.63) is 34.8 Å². The molecule has 0 bridgehead atoms. The van der Waals surface area contributed by atoms with E-state index in [4.69, 9.17) is 23.2 Å². The van der Waals surface area contributed by atoms with Crippen LogP contribution in [-0.2, 0) is 10.0 Å². The molecule has 0 radical (unpaired) electrons. The third-order valence-electron chi connectivity index (χ3n) is 2.25. The third kappa shape index (κ3) is 3.54. The van der Waals surface area contributed by atoms with Crippen molar-refractivity contribution in [3.63, 3.8) is 0 Å². The van der Waals surface area contributed by atoms with E-state index < -0.39 is 10.0 Å². The van der Waals surface area contributed by atoms with Crippen LogP contribution < -0.4 is 10.0 Å². The highest BCUT2D eigenvalue weighted by Crippen LogP contribution is 2.19. The van der Waals surface area contributed by atoms with Gasteiger partial charge in [0.25, 0.3) is 0 Å². The Bertz CT molecular complexity index is 718. The molecule has 2 N–H and O–H groups in total. The molecule has 2 aromatic rings. The summed E-state index contributed by atoms with van der Waals surface area (Å²) >= 11 is 11.3. The van der Waals surface area contributed by atoms with Gasteiger partial charge in [0.2, 0.25) is 26.5 Å². The second-order valence-electron chi connectivity index (χ2n) is 3.56. The van der Waals surface area contributed by atoms with E-state index in [0.717, 1.165) is 0 Å². The maximum Gasteiger partial charge on any atom is 0.240 e. The number of anilines is 2. The number of hydrogen-bond acceptors (Lipinski definition) is 6. The summed E-state index contributed by atoms with van der Waals surface area (Å²) in [6, 6.07) is 6.12. The molecule has 1 aromatic carbocycles. The van der Waals surface area contributed by atoms with E-state index in [-0.39, 0.29) is 21.4 Å². The fourth-order valence-corrected chi connectivity index (χ4v) is 2.51. The number of aromatic nitrogens is 3. The minimum absolute atomic E-state index is 0.0634. The van der Waals surface area contributed by atoms with Gasteiger partial charge in [-0.3, -0.25) is 0 Å². The Kier molecular flexibility index (Phi) is 4.39. The Hall–Kier alpha value is -1.48. The molecule has 20 heavy (non-hydrogen) atoms. The number of rotatable bonds is 4. The summed E-state index contributed by atoms with van der Waals surface area (Å²) in [6.45, 7) is 0. The molecule has 0 fully saturated rings. The van der Waals surface area contributed by atoms with Gasteiger partial charge < -0.3 is 5.32 Å². The van der Waals surface area contributed by atoms with Gasteiger partial charge in [-0.15, -0.1) is 0 Å². The molecular weight excluding hydrogens is 325 g/mol. The number of sulfonamides is 1. The molecule has 0 saturated heterocycles. The van der Waals surface area contributed by atoms with Gasteiger partial charge in [-0.25, -0.2) is 13.1 Å². The van der Waals surface area contributed by atoms with E-state index >= 15 is 0 Å². The van der Waals surface area contributed by atoms with Gasteiger partial charge in [0.1, 0.15) is 0 Å². The quantitative estimate of drug-likeness (QED) is 0.885. The van der Waals surface area contributed by atoms with Crippen LogP contribution in [0.25, 0.3) is 0 Å². The second-order valence-corrected chi connectivity index (χ2v) is 6.12. The van der Waals surface area contributed by atoms with Gasteiger partial charge in [-0.2, -0.15) is 15.0 Å². The van der Waals surface area contributed by atoms with Crippen molar-refractivity contribution >= 4 is 44.9 Å². The number of hydrogen-bond donors (Lipinski definition) is 2. The topological polar surface area (TPSA) is 96.9 Å². The molecular formula is C10H9Cl2N5O2S. The summed E-state index contributed by atoms with van der Waals surface area (Å²) in [4.78, 5) is 11.4. The van der Waals surface area contributed by atoms with Crippen LogP contribution in [-0.4, -0.2) is 30.4 Å². The Morgan fingerprint density at radius 2 is 1.75 bits per heavy atom. The third-order valence-corrected chi connectivity index (χ3v) is 4.00. The van der Waals surface area contributed by atoms with Crippen molar-refractivity contribution in [3.8, 4) is 0 Å². The molecule has 0 aliphatic heterocycles. The molecule has 2 rings (SSSR count). The zero-order chi connectivity index (χ0) is 14.8. The van der Waals surface area contributed by atoms with Gasteiger partial charge in [0.05, 0.1) is 4.90 Å². The average Bonchev–Trinajstić information content (AvgIpc) is 2.38. The number of halogens is 2. The summed E-state index contributed by atoms with van der Waals surface area (Å²) in [6.07, 6.45) is 0. The minimum atomic E-state index is -3.52. The highest BCUT2D eigenvalue weighted by Gasteiger charge is 2.12. The van der Waals surface area contributed by atoms with Crippen molar-refractivity contribution in [1.29, 1.82) is 0 Å². The highest BCUT2D eigenvalue weighted by molar-refractivity contribution is 7.89. The Morgan fingerprint density at radius 3 is 2.35 bits per heavy atom. The smallest absolute Gasteiger partial charge is 0.240 e. The molecule has 1 aromatic heterocycles. The van der Waals surface area contributed by atoms with Crippen molar-refractivity contribution in [1.82, 2.24) is 19.7 Å². The van der Waals surface area contributed by atoms with Gasteiger partial charge in [0.15, 0.2) is 0 Å². The molecule has 7 nitrogen and oxygen atoms in total. The molecule has 0 spiro atoms. The first-order chi connectivity index (χ1) is 9.40. The Labute approximate surface area is 125 Å². The minimum Gasteiger partial charge on any atom is -0.324 e. The lowest BCUT2D eigenvalue weighted by Crippen LogP contribution is -2.18. The standard InChI is InChI=1S/C10H9Cl2N5O2S/c1-13-20(18,19)7-4-2-3-6(5-7)14-10-16-8(11)15-9(12)17-10/h2-5,13H,1H3,(H,14,15,16,17). The van der Waals surface area contributed by atoms with Crippen LogP contribution in [0, 0.1) is 0 Å². The SMILES string of the molecule is CNS(=O)(=O)c1cccc(Nc2nc(Cl)nc(Cl)n2)c1. The summed E-state index contributed by atoms with van der Waals surface area (Å²) in [7, 11) is -2.19. The number of benzene rings is 1. The fraction of sp³-hybridized carbons (Fsp3) is 0.100. The fourth-order valence-electron chi connectivity index (χ4n) is 1.37. The first kappa shape index (κ1) is 14.9. The predicted octanol–water partition coefficient (Wildman–Crippen LogP) is 1.83. The molecule has 0 unspecified atom stereocenters. The van der Waals surface area contributed by atoms with E-state index in [2.05, 4.69) is 25.0 Å². The van der Waals surface area contributed by atoms with E-state index in [1.165, 1.54) is 19.2 Å². The normalized spacial score (nSPS) is 11.3. The van der Waals surface area contributed by atoms with Crippen LogP contribution in [0.5, 0.6) is 0 Å². The van der Waals surface area contributed by atoms with Crippen LogP contribution in [0.2, 0.25) is 10.6 Å². The van der Waals surface area contributed by atoms with Gasteiger partial charge >= 0.3 is 0 Å². The summed E-state index contributed by atoms with van der Waals surface area (Å²) in [5.41, 5.74) is 0.472. The van der Waals surface area contributed by atoms with Crippen LogP contribution in [0.4, 0.5) is 11.6 Å². The Balaban J connectivity index is 2.33. The van der Waals surface area contributed by atoms with Crippen molar-refractivity contribution in [2.24, 2.45) is 0 Å². The van der Waals surface area contributed by atoms with Gasteiger partial charge in [0, 0.05) is 5.69 Å². The molecule has 0 amide bonds. The van der Waals surface area contributed by atoms with E-state index in [0.29, 0.717) is 5.69 Å². The zero-order valence-corrected chi connectivity index (χ0v) is 12.5. The van der Waals surface area contributed by atoms with E-state index in [1.807, 2.05) is 0 Å². The second kappa shape index (κ2) is 5.88. The maximum absolute atomic E-state index is 11.7. The lowest BCUT2D eigenvalue weighted by atomic mass is 10.3. The van der Waals surface area contributed by atoms with Crippen molar-refractivity contribution < 1.29 is 8.42 Å². The van der Waals surface area contributed by atoms with E-state index in [1.54, 1.807) is 12.1 Å². The monoisotopic (exact) mass is 333 g/mol. The lowest BCUT2D eigenvalue weighted by Gasteiger charge is -2.07. The molecule has 106 valence electrons. The summed E-state index contributed by atoms with van der Waals surface area (Å²) < 4.78 is 25.6. The first-order valence-electron chi connectivity index (χ1n) is 5.28. The van der Waals surface area contributed by atoms with Crippen molar-refractivity contribution in [2.75, 3.05) is 12.4 Å².